The topological polar surface area (TPSA) is 38.1 Å². The summed E-state index contributed by atoms with van der Waals surface area (Å²) >= 11 is 0. The fourth-order valence-corrected chi connectivity index (χ4v) is 3.88. The predicted octanol–water partition coefficient (Wildman–Crippen LogP) is 3.82. The second-order valence-corrected chi connectivity index (χ2v) is 7.06. The third-order valence-electron chi connectivity index (χ3n) is 5.27. The molecule has 1 fully saturated rings. The van der Waals surface area contributed by atoms with Gasteiger partial charge in [0.2, 0.25) is 0 Å². The molecule has 4 nitrogen and oxygen atoms in total. The summed E-state index contributed by atoms with van der Waals surface area (Å²) in [4.78, 5) is 19.8. The number of benzene rings is 1. The molecule has 4 rings (SSSR count). The van der Waals surface area contributed by atoms with Crippen molar-refractivity contribution in [3.63, 3.8) is 0 Å². The second kappa shape index (κ2) is 6.42. The van der Waals surface area contributed by atoms with E-state index in [0.717, 1.165) is 62.4 Å². The Hall–Kier alpha value is -2.10. The van der Waals surface area contributed by atoms with E-state index in [1.54, 1.807) is 0 Å². The number of aromatic nitrogens is 2. The Balaban J connectivity index is 1.79. The maximum Gasteiger partial charge on any atom is 0.274 e. The van der Waals surface area contributed by atoms with Crippen molar-refractivity contribution >= 4 is 5.91 Å². The van der Waals surface area contributed by atoms with Crippen LogP contribution < -0.4 is 0 Å². The van der Waals surface area contributed by atoms with Gasteiger partial charge in [0.1, 0.15) is 11.5 Å². The lowest BCUT2D eigenvalue weighted by atomic mass is 10.1. The zero-order valence-electron chi connectivity index (χ0n) is 14.4. The minimum absolute atomic E-state index is 0.136. The fourth-order valence-electron chi connectivity index (χ4n) is 3.88. The Bertz CT molecular complexity index is 739. The van der Waals surface area contributed by atoms with Crippen molar-refractivity contribution in [1.29, 1.82) is 0 Å². The van der Waals surface area contributed by atoms with E-state index in [9.17, 15) is 4.79 Å². The van der Waals surface area contributed by atoms with Crippen LogP contribution in [0.25, 0.3) is 11.4 Å². The van der Waals surface area contributed by atoms with E-state index in [2.05, 4.69) is 35.8 Å². The van der Waals surface area contributed by atoms with Crippen LogP contribution in [0.1, 0.15) is 53.8 Å². The van der Waals surface area contributed by atoms with Crippen molar-refractivity contribution in [2.75, 3.05) is 13.1 Å². The molecule has 0 atom stereocenters. The molecule has 126 valence electrons. The van der Waals surface area contributed by atoms with Crippen LogP contribution in [0.4, 0.5) is 0 Å². The number of imidazole rings is 1. The molecule has 0 spiro atoms. The van der Waals surface area contributed by atoms with Gasteiger partial charge in [-0.2, -0.15) is 0 Å². The number of carbonyl (C=O) groups excluding carboxylic acids is 1. The highest BCUT2D eigenvalue weighted by Gasteiger charge is 2.28. The van der Waals surface area contributed by atoms with Crippen molar-refractivity contribution in [2.24, 2.45) is 0 Å². The van der Waals surface area contributed by atoms with Gasteiger partial charge in [-0.3, -0.25) is 4.79 Å². The first kappa shape index (κ1) is 15.4. The summed E-state index contributed by atoms with van der Waals surface area (Å²) in [5.74, 6) is 1.10. The molecule has 2 aliphatic rings. The van der Waals surface area contributed by atoms with Crippen LogP contribution in [0, 0.1) is 6.92 Å². The quantitative estimate of drug-likeness (QED) is 0.842. The number of hydrogen-bond donors (Lipinski definition) is 0. The average molecular weight is 323 g/mol. The molecule has 1 aromatic carbocycles. The number of hydrogen-bond acceptors (Lipinski definition) is 2. The molecule has 4 heteroatoms. The number of nitrogens with zero attached hydrogens (tertiary/aromatic N) is 3. The third-order valence-corrected chi connectivity index (χ3v) is 5.27. The van der Waals surface area contributed by atoms with E-state index in [0.29, 0.717) is 5.69 Å². The van der Waals surface area contributed by atoms with Gasteiger partial charge in [-0.05, 0) is 39.0 Å². The molecule has 3 heterocycles. The summed E-state index contributed by atoms with van der Waals surface area (Å²) in [6, 6.07) is 8.49. The van der Waals surface area contributed by atoms with Gasteiger partial charge in [-0.25, -0.2) is 4.98 Å². The smallest absolute Gasteiger partial charge is 0.274 e. The first-order valence-electron chi connectivity index (χ1n) is 9.20. The first-order valence-corrected chi connectivity index (χ1v) is 9.20. The molecule has 0 radical (unpaired) electrons. The van der Waals surface area contributed by atoms with Crippen LogP contribution in [-0.4, -0.2) is 33.4 Å². The van der Waals surface area contributed by atoms with Gasteiger partial charge < -0.3 is 9.47 Å². The molecule has 1 amide bonds. The monoisotopic (exact) mass is 323 g/mol. The predicted molar refractivity (Wildman–Crippen MR) is 95.1 cm³/mol. The molecule has 1 aromatic heterocycles. The highest BCUT2D eigenvalue weighted by Crippen LogP contribution is 2.28. The van der Waals surface area contributed by atoms with E-state index < -0.39 is 0 Å². The number of rotatable bonds is 2. The third kappa shape index (κ3) is 2.74. The van der Waals surface area contributed by atoms with Crippen LogP contribution in [0.2, 0.25) is 0 Å². The SMILES string of the molecule is Cc1ccc(-c2nc(C(=O)N3CCCC3)c3n2CCCCC3)cc1. The van der Waals surface area contributed by atoms with Gasteiger partial charge in [0.15, 0.2) is 0 Å². The van der Waals surface area contributed by atoms with Crippen molar-refractivity contribution in [1.82, 2.24) is 14.5 Å². The van der Waals surface area contributed by atoms with E-state index in [1.807, 2.05) is 4.90 Å². The molecule has 0 unspecified atom stereocenters. The zero-order valence-corrected chi connectivity index (χ0v) is 14.4. The minimum Gasteiger partial charge on any atom is -0.337 e. The maximum atomic E-state index is 13.0. The summed E-state index contributed by atoms with van der Waals surface area (Å²) in [6.07, 6.45) is 6.75. The zero-order chi connectivity index (χ0) is 16.5. The maximum absolute atomic E-state index is 13.0. The molecule has 24 heavy (non-hydrogen) atoms. The number of amides is 1. The summed E-state index contributed by atoms with van der Waals surface area (Å²) in [6.45, 7) is 4.83. The molecule has 0 N–H and O–H groups in total. The number of carbonyl (C=O) groups is 1. The molecule has 1 saturated heterocycles. The Labute approximate surface area is 143 Å². The number of aryl methyl sites for hydroxylation is 1. The minimum atomic E-state index is 0.136. The van der Waals surface area contributed by atoms with Crippen molar-refractivity contribution in [2.45, 2.75) is 52.0 Å². The van der Waals surface area contributed by atoms with Crippen LogP contribution in [0.15, 0.2) is 24.3 Å². The van der Waals surface area contributed by atoms with Crippen LogP contribution in [0.3, 0.4) is 0 Å². The lowest BCUT2D eigenvalue weighted by molar-refractivity contribution is 0.0786. The van der Waals surface area contributed by atoms with E-state index in [1.165, 1.54) is 18.4 Å². The van der Waals surface area contributed by atoms with Gasteiger partial charge in [0, 0.05) is 25.2 Å². The Morgan fingerprint density at radius 3 is 2.42 bits per heavy atom. The summed E-state index contributed by atoms with van der Waals surface area (Å²) in [5.41, 5.74) is 4.22. The van der Waals surface area contributed by atoms with Crippen molar-refractivity contribution in [3.05, 3.63) is 41.2 Å². The van der Waals surface area contributed by atoms with Gasteiger partial charge in [-0.1, -0.05) is 36.2 Å². The fraction of sp³-hybridized carbons (Fsp3) is 0.500. The molecular formula is C20H25N3O. The van der Waals surface area contributed by atoms with Gasteiger partial charge in [-0.15, -0.1) is 0 Å². The summed E-state index contributed by atoms with van der Waals surface area (Å²) in [5, 5.41) is 0. The average Bonchev–Trinajstić information content (AvgIpc) is 3.18. The van der Waals surface area contributed by atoms with Crippen molar-refractivity contribution in [3.8, 4) is 11.4 Å². The number of likely N-dealkylation sites (tertiary alicyclic amines) is 1. The summed E-state index contributed by atoms with van der Waals surface area (Å²) in [7, 11) is 0. The van der Waals surface area contributed by atoms with Crippen LogP contribution in [0.5, 0.6) is 0 Å². The van der Waals surface area contributed by atoms with Gasteiger partial charge >= 0.3 is 0 Å². The Morgan fingerprint density at radius 1 is 0.958 bits per heavy atom. The molecule has 2 aliphatic heterocycles. The van der Waals surface area contributed by atoms with Crippen LogP contribution >= 0.6 is 0 Å². The standard InChI is InChI=1S/C20H25N3O/c1-15-8-10-16(11-9-15)19-21-18(20(24)22-12-5-6-13-22)17-7-3-2-4-14-23(17)19/h8-11H,2-7,12-14H2,1H3. The second-order valence-electron chi connectivity index (χ2n) is 7.06. The molecule has 0 aliphatic carbocycles. The lowest BCUT2D eigenvalue weighted by Crippen LogP contribution is -2.29. The molecule has 0 saturated carbocycles. The van der Waals surface area contributed by atoms with Gasteiger partial charge in [0.05, 0.1) is 5.69 Å². The molecular weight excluding hydrogens is 298 g/mol. The Kier molecular flexibility index (Phi) is 4.13. The highest BCUT2D eigenvalue weighted by atomic mass is 16.2. The van der Waals surface area contributed by atoms with E-state index >= 15 is 0 Å². The van der Waals surface area contributed by atoms with Crippen molar-refractivity contribution < 1.29 is 4.79 Å². The highest BCUT2D eigenvalue weighted by molar-refractivity contribution is 5.94. The van der Waals surface area contributed by atoms with E-state index in [-0.39, 0.29) is 5.91 Å². The first-order chi connectivity index (χ1) is 11.7. The van der Waals surface area contributed by atoms with E-state index in [4.69, 9.17) is 4.98 Å². The molecule has 2 aromatic rings. The largest absolute Gasteiger partial charge is 0.337 e. The lowest BCUT2D eigenvalue weighted by Gasteiger charge is -2.14. The molecule has 0 bridgehead atoms. The van der Waals surface area contributed by atoms with Gasteiger partial charge in [0.25, 0.3) is 5.91 Å². The van der Waals surface area contributed by atoms with Crippen LogP contribution in [-0.2, 0) is 13.0 Å². The normalized spacial score (nSPS) is 17.6. The Morgan fingerprint density at radius 2 is 1.67 bits per heavy atom. The number of fused-ring (bicyclic) bond motifs is 1. The summed E-state index contributed by atoms with van der Waals surface area (Å²) < 4.78 is 2.31.